The Bertz CT molecular complexity index is 556. The summed E-state index contributed by atoms with van der Waals surface area (Å²) in [6.07, 6.45) is 1.81. The summed E-state index contributed by atoms with van der Waals surface area (Å²) in [6, 6.07) is 16.5. The second kappa shape index (κ2) is 7.32. The van der Waals surface area contributed by atoms with Crippen molar-refractivity contribution in [3.63, 3.8) is 0 Å². The molecule has 0 amide bonds. The average molecular weight is 290 g/mol. The van der Waals surface area contributed by atoms with Crippen molar-refractivity contribution in [2.75, 3.05) is 14.2 Å². The lowest BCUT2D eigenvalue weighted by Gasteiger charge is -2.18. The lowest BCUT2D eigenvalue weighted by molar-refractivity contribution is 0.406. The predicted octanol–water partition coefficient (Wildman–Crippen LogP) is 3.72. The van der Waals surface area contributed by atoms with Crippen LogP contribution in [0, 0.1) is 0 Å². The van der Waals surface area contributed by atoms with Crippen molar-refractivity contribution >= 4 is 11.6 Å². The van der Waals surface area contributed by atoms with Crippen LogP contribution in [-0.4, -0.2) is 20.2 Å². The summed E-state index contributed by atoms with van der Waals surface area (Å²) in [5, 5.41) is 4.19. The van der Waals surface area contributed by atoms with Gasteiger partial charge in [0.25, 0.3) is 0 Å². The molecule has 0 saturated carbocycles. The molecule has 0 aliphatic rings. The number of benzene rings is 2. The van der Waals surface area contributed by atoms with E-state index in [1.807, 2.05) is 43.4 Å². The van der Waals surface area contributed by atoms with Crippen molar-refractivity contribution in [3.8, 4) is 5.75 Å². The molecule has 3 heteroatoms. The lowest BCUT2D eigenvalue weighted by atomic mass is 9.98. The molecule has 2 aromatic rings. The Kier molecular flexibility index (Phi) is 5.45. The zero-order valence-electron chi connectivity index (χ0n) is 11.9. The summed E-state index contributed by atoms with van der Waals surface area (Å²) >= 11 is 6.23. The predicted molar refractivity (Wildman–Crippen MR) is 84.7 cm³/mol. The first-order valence-corrected chi connectivity index (χ1v) is 7.15. The molecule has 1 N–H and O–H groups in total. The van der Waals surface area contributed by atoms with Gasteiger partial charge in [-0.25, -0.2) is 0 Å². The molecule has 0 bridgehead atoms. The Labute approximate surface area is 125 Å². The maximum atomic E-state index is 6.23. The minimum Gasteiger partial charge on any atom is -0.496 e. The van der Waals surface area contributed by atoms with Crippen LogP contribution in [0.2, 0.25) is 5.02 Å². The van der Waals surface area contributed by atoms with Gasteiger partial charge in [0.05, 0.1) is 7.11 Å². The highest BCUT2D eigenvalue weighted by atomic mass is 35.5. The van der Waals surface area contributed by atoms with Crippen molar-refractivity contribution in [2.24, 2.45) is 0 Å². The third-order valence-electron chi connectivity index (χ3n) is 3.49. The highest BCUT2D eigenvalue weighted by molar-refractivity contribution is 6.31. The standard InChI is InChI=1S/C17H20ClNO/c1-19-15(11-13-7-3-5-9-16(13)18)12-14-8-4-6-10-17(14)20-2/h3-10,15,19H,11-12H2,1-2H3. The van der Waals surface area contributed by atoms with Crippen LogP contribution in [0.1, 0.15) is 11.1 Å². The molecule has 1 atom stereocenters. The molecule has 1 unspecified atom stereocenters. The lowest BCUT2D eigenvalue weighted by Crippen LogP contribution is -2.30. The van der Waals surface area contributed by atoms with Crippen molar-refractivity contribution in [1.29, 1.82) is 0 Å². The normalized spacial score (nSPS) is 12.2. The Morgan fingerprint density at radius 1 is 1.00 bits per heavy atom. The van der Waals surface area contributed by atoms with Crippen molar-refractivity contribution in [1.82, 2.24) is 5.32 Å². The summed E-state index contributed by atoms with van der Waals surface area (Å²) in [4.78, 5) is 0. The van der Waals surface area contributed by atoms with E-state index in [2.05, 4.69) is 17.4 Å². The van der Waals surface area contributed by atoms with Gasteiger partial charge in [0.1, 0.15) is 5.75 Å². The molecule has 2 nitrogen and oxygen atoms in total. The van der Waals surface area contributed by atoms with Crippen LogP contribution in [0.3, 0.4) is 0 Å². The minimum absolute atomic E-state index is 0.325. The SMILES string of the molecule is CNC(Cc1ccccc1Cl)Cc1ccccc1OC. The average Bonchev–Trinajstić information content (AvgIpc) is 2.49. The van der Waals surface area contributed by atoms with E-state index in [9.17, 15) is 0 Å². The quantitative estimate of drug-likeness (QED) is 0.875. The Morgan fingerprint density at radius 2 is 1.60 bits per heavy atom. The van der Waals surface area contributed by atoms with Gasteiger partial charge in [-0.15, -0.1) is 0 Å². The zero-order valence-corrected chi connectivity index (χ0v) is 12.7. The maximum Gasteiger partial charge on any atom is 0.122 e. The summed E-state index contributed by atoms with van der Waals surface area (Å²) in [5.74, 6) is 0.937. The number of hydrogen-bond acceptors (Lipinski definition) is 2. The molecule has 0 saturated heterocycles. The highest BCUT2D eigenvalue weighted by Crippen LogP contribution is 2.22. The summed E-state index contributed by atoms with van der Waals surface area (Å²) < 4.78 is 5.41. The van der Waals surface area contributed by atoms with Crippen LogP contribution in [0.15, 0.2) is 48.5 Å². The molecule has 0 aliphatic carbocycles. The molecule has 0 radical (unpaired) electrons. The van der Waals surface area contributed by atoms with E-state index in [0.717, 1.165) is 23.6 Å². The van der Waals surface area contributed by atoms with Gasteiger partial charge < -0.3 is 10.1 Å². The van der Waals surface area contributed by atoms with E-state index in [0.29, 0.717) is 6.04 Å². The molecule has 0 aliphatic heterocycles. The number of nitrogens with one attached hydrogen (secondary N) is 1. The maximum absolute atomic E-state index is 6.23. The molecule has 0 spiro atoms. The van der Waals surface area contributed by atoms with Gasteiger partial charge in [0, 0.05) is 11.1 Å². The molecule has 106 valence electrons. The monoisotopic (exact) mass is 289 g/mol. The van der Waals surface area contributed by atoms with Crippen LogP contribution in [0.5, 0.6) is 5.75 Å². The van der Waals surface area contributed by atoms with Crippen molar-refractivity contribution in [3.05, 3.63) is 64.7 Å². The molecule has 0 heterocycles. The second-order valence-electron chi connectivity index (χ2n) is 4.80. The van der Waals surface area contributed by atoms with E-state index in [4.69, 9.17) is 16.3 Å². The summed E-state index contributed by atoms with van der Waals surface area (Å²) in [7, 11) is 3.69. The van der Waals surface area contributed by atoms with Gasteiger partial charge in [-0.05, 0) is 43.1 Å². The second-order valence-corrected chi connectivity index (χ2v) is 5.20. The number of hydrogen-bond donors (Lipinski definition) is 1. The van der Waals surface area contributed by atoms with E-state index >= 15 is 0 Å². The first kappa shape index (κ1) is 14.9. The van der Waals surface area contributed by atoms with Crippen LogP contribution >= 0.6 is 11.6 Å². The fraction of sp³-hybridized carbons (Fsp3) is 0.294. The van der Waals surface area contributed by atoms with Crippen LogP contribution < -0.4 is 10.1 Å². The van der Waals surface area contributed by atoms with Gasteiger partial charge >= 0.3 is 0 Å². The number of methoxy groups -OCH3 is 1. The molecule has 20 heavy (non-hydrogen) atoms. The van der Waals surface area contributed by atoms with Crippen molar-refractivity contribution in [2.45, 2.75) is 18.9 Å². The smallest absolute Gasteiger partial charge is 0.122 e. The fourth-order valence-electron chi connectivity index (χ4n) is 2.34. The van der Waals surface area contributed by atoms with E-state index < -0.39 is 0 Å². The number of halogens is 1. The van der Waals surface area contributed by atoms with Crippen LogP contribution in [-0.2, 0) is 12.8 Å². The third-order valence-corrected chi connectivity index (χ3v) is 3.86. The van der Waals surface area contributed by atoms with E-state index in [-0.39, 0.29) is 0 Å². The third kappa shape index (κ3) is 3.75. The van der Waals surface area contributed by atoms with E-state index in [1.165, 1.54) is 11.1 Å². The topological polar surface area (TPSA) is 21.3 Å². The first-order chi connectivity index (χ1) is 9.74. The van der Waals surface area contributed by atoms with Crippen LogP contribution in [0.4, 0.5) is 0 Å². The van der Waals surface area contributed by atoms with E-state index in [1.54, 1.807) is 7.11 Å². The number of para-hydroxylation sites is 1. The molecular formula is C17H20ClNO. The van der Waals surface area contributed by atoms with Crippen LogP contribution in [0.25, 0.3) is 0 Å². The Balaban J connectivity index is 2.11. The number of likely N-dealkylation sites (N-methyl/N-ethyl adjacent to an activating group) is 1. The summed E-state index contributed by atoms with van der Waals surface area (Å²) in [5.41, 5.74) is 2.38. The molecule has 0 aromatic heterocycles. The molecular weight excluding hydrogens is 270 g/mol. The Morgan fingerprint density at radius 3 is 2.25 bits per heavy atom. The van der Waals surface area contributed by atoms with Gasteiger partial charge in [0.2, 0.25) is 0 Å². The Hall–Kier alpha value is -1.51. The molecule has 0 fully saturated rings. The first-order valence-electron chi connectivity index (χ1n) is 6.77. The molecule has 2 aromatic carbocycles. The summed E-state index contributed by atoms with van der Waals surface area (Å²) in [6.45, 7) is 0. The zero-order chi connectivity index (χ0) is 14.4. The highest BCUT2D eigenvalue weighted by Gasteiger charge is 2.12. The number of ether oxygens (including phenoxy) is 1. The van der Waals surface area contributed by atoms with Crippen molar-refractivity contribution < 1.29 is 4.74 Å². The fourth-order valence-corrected chi connectivity index (χ4v) is 2.56. The van der Waals surface area contributed by atoms with Gasteiger partial charge in [-0.1, -0.05) is 48.0 Å². The minimum atomic E-state index is 0.325. The largest absolute Gasteiger partial charge is 0.496 e. The van der Waals surface area contributed by atoms with Gasteiger partial charge in [-0.2, -0.15) is 0 Å². The van der Waals surface area contributed by atoms with Gasteiger partial charge in [0.15, 0.2) is 0 Å². The molecule has 2 rings (SSSR count). The van der Waals surface area contributed by atoms with Gasteiger partial charge in [-0.3, -0.25) is 0 Å². The number of rotatable bonds is 6.